The molecule has 0 fully saturated rings. The fourth-order valence-electron chi connectivity index (χ4n) is 3.24. The topological polar surface area (TPSA) is 122 Å². The molecule has 0 spiro atoms. The van der Waals surface area contributed by atoms with Gasteiger partial charge in [-0.25, -0.2) is 24.3 Å². The minimum absolute atomic E-state index is 0.287. The van der Waals surface area contributed by atoms with E-state index in [4.69, 9.17) is 22.1 Å². The van der Waals surface area contributed by atoms with E-state index < -0.39 is 6.55 Å². The summed E-state index contributed by atoms with van der Waals surface area (Å²) in [4.78, 5) is 12.5. The fourth-order valence-corrected chi connectivity index (χ4v) is 3.40. The molecule has 0 unspecified atom stereocenters. The molecule has 0 aromatic carbocycles. The lowest BCUT2D eigenvalue weighted by Crippen LogP contribution is -2.08. The molecule has 0 aliphatic carbocycles. The molecule has 13 heteroatoms. The number of aromatic nitrogens is 7. The van der Waals surface area contributed by atoms with Crippen LogP contribution < -0.4 is 15.8 Å². The zero-order valence-corrected chi connectivity index (χ0v) is 19.0. The van der Waals surface area contributed by atoms with Gasteiger partial charge < -0.3 is 15.8 Å². The minimum atomic E-state index is -2.71. The van der Waals surface area contributed by atoms with Crippen molar-refractivity contribution in [1.82, 2.24) is 34.5 Å². The highest BCUT2D eigenvalue weighted by atomic mass is 35.5. The molecule has 0 amide bonds. The van der Waals surface area contributed by atoms with Crippen LogP contribution in [0.4, 0.5) is 20.3 Å². The predicted molar refractivity (Wildman–Crippen MR) is 124 cm³/mol. The van der Waals surface area contributed by atoms with E-state index in [1.54, 1.807) is 36.3 Å². The number of ether oxygens (including phenoxy) is 1. The third kappa shape index (κ3) is 5.39. The maximum Gasteiger partial charge on any atom is 0.333 e. The molecule has 10 nitrogen and oxygen atoms in total. The Morgan fingerprint density at radius 2 is 2.03 bits per heavy atom. The lowest BCUT2D eigenvalue weighted by atomic mass is 10.1. The Hall–Kier alpha value is -3.80. The molecule has 0 atom stereocenters. The van der Waals surface area contributed by atoms with Crippen LogP contribution in [0.2, 0.25) is 5.15 Å². The van der Waals surface area contributed by atoms with Gasteiger partial charge in [0.25, 0.3) is 0 Å². The van der Waals surface area contributed by atoms with Crippen LogP contribution in [0.5, 0.6) is 5.88 Å². The van der Waals surface area contributed by atoms with Crippen LogP contribution in [-0.2, 0) is 7.05 Å². The largest absolute Gasteiger partial charge is 0.477 e. The highest BCUT2D eigenvalue weighted by Crippen LogP contribution is 2.29. The van der Waals surface area contributed by atoms with Crippen molar-refractivity contribution in [1.29, 1.82) is 0 Å². The van der Waals surface area contributed by atoms with Gasteiger partial charge in [-0.2, -0.15) is 19.0 Å². The number of nitrogen functional groups attached to an aromatic ring is 1. The Kier molecular flexibility index (Phi) is 7.16. The number of alkyl halides is 2. The summed E-state index contributed by atoms with van der Waals surface area (Å²) in [6.45, 7) is -1.67. The van der Waals surface area contributed by atoms with Crippen molar-refractivity contribution < 1.29 is 13.5 Å². The van der Waals surface area contributed by atoms with Crippen molar-refractivity contribution in [2.45, 2.75) is 19.4 Å². The third-order valence-corrected chi connectivity index (χ3v) is 5.09. The van der Waals surface area contributed by atoms with Crippen molar-refractivity contribution in [3.05, 3.63) is 48.1 Å². The Bertz CT molecular complexity index is 1260. The first kappa shape index (κ1) is 23.4. The van der Waals surface area contributed by atoms with Crippen LogP contribution in [0.15, 0.2) is 43.0 Å². The van der Waals surface area contributed by atoms with E-state index in [2.05, 4.69) is 30.5 Å². The van der Waals surface area contributed by atoms with Crippen molar-refractivity contribution in [3.63, 3.8) is 0 Å². The second kappa shape index (κ2) is 10.4. The van der Waals surface area contributed by atoms with Gasteiger partial charge in [-0.1, -0.05) is 11.6 Å². The molecule has 4 aromatic rings. The van der Waals surface area contributed by atoms with Gasteiger partial charge >= 0.3 is 6.55 Å². The van der Waals surface area contributed by atoms with E-state index in [1.165, 1.54) is 18.5 Å². The molecule has 0 aliphatic rings. The van der Waals surface area contributed by atoms with Gasteiger partial charge in [-0.05, 0) is 31.0 Å². The van der Waals surface area contributed by atoms with Gasteiger partial charge in [0.1, 0.15) is 16.5 Å². The van der Waals surface area contributed by atoms with Crippen LogP contribution >= 0.6 is 11.6 Å². The molecule has 0 aliphatic heterocycles. The van der Waals surface area contributed by atoms with Crippen LogP contribution in [0.1, 0.15) is 19.4 Å². The maximum absolute atomic E-state index is 12.9. The summed E-state index contributed by atoms with van der Waals surface area (Å²) in [5.74, 6) is 1.36. The van der Waals surface area contributed by atoms with E-state index in [-0.39, 0.29) is 5.15 Å². The number of aryl methyl sites for hydroxylation is 1. The quantitative estimate of drug-likeness (QED) is 0.253. The van der Waals surface area contributed by atoms with Gasteiger partial charge in [0.05, 0.1) is 18.5 Å². The molecule has 178 valence electrons. The highest BCUT2D eigenvalue weighted by molar-refractivity contribution is 6.29. The molecule has 4 rings (SSSR count). The molecule has 4 heterocycles. The minimum Gasteiger partial charge on any atom is -0.477 e. The molecule has 3 N–H and O–H groups in total. The number of unbranched alkanes of at least 4 members (excludes halogenated alkanes) is 1. The maximum atomic E-state index is 12.9. The first-order valence-corrected chi connectivity index (χ1v) is 10.8. The van der Waals surface area contributed by atoms with E-state index in [0.717, 1.165) is 12.8 Å². The summed E-state index contributed by atoms with van der Waals surface area (Å²) < 4.78 is 33.9. The van der Waals surface area contributed by atoms with Gasteiger partial charge in [0, 0.05) is 43.4 Å². The highest BCUT2D eigenvalue weighted by Gasteiger charge is 2.15. The Morgan fingerprint density at radius 1 is 1.18 bits per heavy atom. The molecule has 4 aromatic heterocycles. The molecule has 0 saturated carbocycles. The number of nitrogens with zero attached hydrogens (tertiary/aromatic N) is 7. The van der Waals surface area contributed by atoms with Gasteiger partial charge in [-0.15, -0.1) is 0 Å². The summed E-state index contributed by atoms with van der Waals surface area (Å²) in [5, 5.41) is 11.7. The summed E-state index contributed by atoms with van der Waals surface area (Å²) in [7, 11) is 1.77. The molecular weight excluding hydrogens is 468 g/mol. The summed E-state index contributed by atoms with van der Waals surface area (Å²) in [5.41, 5.74) is 8.03. The number of anilines is 2. The van der Waals surface area contributed by atoms with Crippen LogP contribution in [-0.4, -0.2) is 47.7 Å². The first-order valence-electron chi connectivity index (χ1n) is 10.4. The van der Waals surface area contributed by atoms with Crippen molar-refractivity contribution in [2.24, 2.45) is 7.05 Å². The van der Waals surface area contributed by atoms with Gasteiger partial charge in [0.15, 0.2) is 5.82 Å². The number of pyridine rings is 1. The van der Waals surface area contributed by atoms with E-state index in [1.807, 2.05) is 0 Å². The monoisotopic (exact) mass is 489 g/mol. The normalized spacial score (nSPS) is 11.2. The Balaban J connectivity index is 1.32. The lowest BCUT2D eigenvalue weighted by Gasteiger charge is -2.12. The van der Waals surface area contributed by atoms with Gasteiger partial charge in [-0.3, -0.25) is 0 Å². The smallest absolute Gasteiger partial charge is 0.333 e. The van der Waals surface area contributed by atoms with E-state index in [9.17, 15) is 8.78 Å². The zero-order chi connectivity index (χ0) is 24.1. The Morgan fingerprint density at radius 3 is 2.79 bits per heavy atom. The second-order valence-corrected chi connectivity index (χ2v) is 7.67. The fraction of sp³-hybridized carbons (Fsp3) is 0.286. The standard InChI is InChI=1S/C21H22ClF2N9O/c1-32-20(14(12-29-32)19-27-7-4-18(25)30-19)34-9-3-2-6-26-16-10-17(22)28-11-13(16)15-5-8-33(31-15)21(23)24/h4-5,7-8,10-12,21H,2-3,6,9H2,1H3,(H,26,28)(H2,25,27,30). The first-order chi connectivity index (χ1) is 16.4. The Labute approximate surface area is 198 Å². The SMILES string of the molecule is Cn1ncc(-c2nccc(N)n2)c1OCCCCNc1cc(Cl)ncc1-c1ccn(C(F)F)n1. The van der Waals surface area contributed by atoms with Crippen LogP contribution in [0.25, 0.3) is 22.6 Å². The number of nitrogens with two attached hydrogens (primary N) is 1. The summed E-state index contributed by atoms with van der Waals surface area (Å²) in [6.07, 6.45) is 7.45. The number of rotatable bonds is 10. The van der Waals surface area contributed by atoms with Crippen LogP contribution in [0.3, 0.4) is 0 Å². The molecule has 0 bridgehead atoms. The zero-order valence-electron chi connectivity index (χ0n) is 18.2. The molecule has 0 radical (unpaired) electrons. The number of nitrogens with one attached hydrogen (secondary N) is 1. The lowest BCUT2D eigenvalue weighted by molar-refractivity contribution is 0.0568. The van der Waals surface area contributed by atoms with E-state index in [0.29, 0.717) is 57.9 Å². The second-order valence-electron chi connectivity index (χ2n) is 7.29. The average molecular weight is 490 g/mol. The van der Waals surface area contributed by atoms with Crippen LogP contribution in [0, 0.1) is 0 Å². The van der Waals surface area contributed by atoms with Crippen molar-refractivity contribution in [3.8, 4) is 28.5 Å². The molecule has 34 heavy (non-hydrogen) atoms. The summed E-state index contributed by atoms with van der Waals surface area (Å²) in [6, 6.07) is 4.76. The molecular formula is C21H22ClF2N9O. The predicted octanol–water partition coefficient (Wildman–Crippen LogP) is 4.04. The van der Waals surface area contributed by atoms with Crippen molar-refractivity contribution in [2.75, 3.05) is 24.2 Å². The number of hydrogen-bond donors (Lipinski definition) is 2. The van der Waals surface area contributed by atoms with Crippen molar-refractivity contribution >= 4 is 23.1 Å². The number of hydrogen-bond acceptors (Lipinski definition) is 8. The third-order valence-electron chi connectivity index (χ3n) is 4.88. The van der Waals surface area contributed by atoms with Gasteiger partial charge in [0.2, 0.25) is 5.88 Å². The average Bonchev–Trinajstić information content (AvgIpc) is 3.44. The number of halogens is 3. The molecule has 0 saturated heterocycles. The summed E-state index contributed by atoms with van der Waals surface area (Å²) >= 11 is 6.03. The van der Waals surface area contributed by atoms with E-state index >= 15 is 0 Å².